The maximum atomic E-state index is 12.2. The van der Waals surface area contributed by atoms with Crippen LogP contribution in [0.2, 0.25) is 0 Å². The zero-order valence-corrected chi connectivity index (χ0v) is 10.5. The van der Waals surface area contributed by atoms with Gasteiger partial charge in [-0.05, 0) is 24.6 Å². The zero-order chi connectivity index (χ0) is 12.9. The Balaban J connectivity index is 2.11. The maximum absolute atomic E-state index is 12.2. The lowest BCUT2D eigenvalue weighted by molar-refractivity contribution is -0.138. The van der Waals surface area contributed by atoms with Crippen LogP contribution in [-0.2, 0) is 16.0 Å². The van der Waals surface area contributed by atoms with E-state index < -0.39 is 0 Å². The predicted molar refractivity (Wildman–Crippen MR) is 66.7 cm³/mol. The summed E-state index contributed by atoms with van der Waals surface area (Å²) in [5, 5.41) is 3.20. The van der Waals surface area contributed by atoms with Gasteiger partial charge in [-0.1, -0.05) is 24.3 Å². The summed E-state index contributed by atoms with van der Waals surface area (Å²) in [7, 11) is 3.43. The van der Waals surface area contributed by atoms with Crippen LogP contribution in [0.4, 0.5) is 0 Å². The van der Waals surface area contributed by atoms with Gasteiger partial charge in [0.25, 0.3) is 0 Å². The van der Waals surface area contributed by atoms with Crippen LogP contribution in [0.3, 0.4) is 0 Å². The van der Waals surface area contributed by atoms with E-state index in [1.54, 1.807) is 7.05 Å². The molecule has 0 radical (unpaired) electrons. The van der Waals surface area contributed by atoms with E-state index in [0.29, 0.717) is 6.42 Å². The predicted octanol–water partition coefficient (Wildman–Crippen LogP) is 0.734. The van der Waals surface area contributed by atoms with Crippen LogP contribution in [0.1, 0.15) is 17.2 Å². The first kappa shape index (κ1) is 11.4. The molecule has 0 aromatic heterocycles. The van der Waals surface area contributed by atoms with Crippen LogP contribution >= 0.6 is 0 Å². The lowest BCUT2D eigenvalue weighted by atomic mass is 9.74. The summed E-state index contributed by atoms with van der Waals surface area (Å²) >= 11 is 0. The summed E-state index contributed by atoms with van der Waals surface area (Å²) in [6, 6.07) is 8.00. The van der Waals surface area contributed by atoms with Crippen molar-refractivity contribution in [1.82, 2.24) is 10.2 Å². The van der Waals surface area contributed by atoms with Crippen LogP contribution in [0, 0.1) is 11.8 Å². The number of hydrogen-bond acceptors (Lipinski definition) is 3. The second-order valence-corrected chi connectivity index (χ2v) is 5.04. The summed E-state index contributed by atoms with van der Waals surface area (Å²) in [6.07, 6.45) is 0.675. The summed E-state index contributed by atoms with van der Waals surface area (Å²) in [5.41, 5.74) is 2.33. The summed E-state index contributed by atoms with van der Waals surface area (Å²) in [4.78, 5) is 25.6. The third-order valence-corrected chi connectivity index (χ3v) is 4.20. The summed E-state index contributed by atoms with van der Waals surface area (Å²) in [6.45, 7) is 0. The van der Waals surface area contributed by atoms with Crippen molar-refractivity contribution in [3.63, 3.8) is 0 Å². The lowest BCUT2D eigenvalue weighted by Crippen LogP contribution is -2.38. The molecule has 1 aliphatic carbocycles. The molecule has 1 heterocycles. The van der Waals surface area contributed by atoms with E-state index in [1.807, 2.05) is 31.3 Å². The van der Waals surface area contributed by atoms with Crippen LogP contribution < -0.4 is 5.32 Å². The first-order chi connectivity index (χ1) is 8.65. The van der Waals surface area contributed by atoms with Crippen LogP contribution in [0.15, 0.2) is 24.3 Å². The SMILES string of the molecule is CN[C@@H]1c2ccccc2C[C@@H]2C(=O)N(C)C(=O)[C@@H]21. The molecular formula is C14H16N2O2. The van der Waals surface area contributed by atoms with Crippen LogP contribution in [0.5, 0.6) is 0 Å². The maximum Gasteiger partial charge on any atom is 0.234 e. The highest BCUT2D eigenvalue weighted by Gasteiger charge is 2.52. The average molecular weight is 244 g/mol. The third-order valence-electron chi connectivity index (χ3n) is 4.20. The van der Waals surface area contributed by atoms with Crippen molar-refractivity contribution in [2.45, 2.75) is 12.5 Å². The smallest absolute Gasteiger partial charge is 0.234 e. The fraction of sp³-hybridized carbons (Fsp3) is 0.429. The number of nitrogens with zero attached hydrogens (tertiary/aromatic N) is 1. The minimum Gasteiger partial charge on any atom is -0.312 e. The van der Waals surface area contributed by atoms with Gasteiger partial charge in [-0.15, -0.1) is 0 Å². The van der Waals surface area contributed by atoms with E-state index in [4.69, 9.17) is 0 Å². The van der Waals surface area contributed by atoms with E-state index in [-0.39, 0.29) is 29.7 Å². The van der Waals surface area contributed by atoms with Crippen molar-refractivity contribution in [2.24, 2.45) is 11.8 Å². The molecular weight excluding hydrogens is 228 g/mol. The fourth-order valence-electron chi connectivity index (χ4n) is 3.28. The molecule has 1 fully saturated rings. The number of fused-ring (bicyclic) bond motifs is 2. The van der Waals surface area contributed by atoms with Gasteiger partial charge in [0, 0.05) is 13.1 Å². The second kappa shape index (κ2) is 3.92. The molecule has 2 aliphatic rings. The number of amides is 2. The Labute approximate surface area is 106 Å². The van der Waals surface area contributed by atoms with Crippen molar-refractivity contribution >= 4 is 11.8 Å². The molecule has 1 saturated heterocycles. The van der Waals surface area contributed by atoms with Gasteiger partial charge >= 0.3 is 0 Å². The Hall–Kier alpha value is -1.68. The van der Waals surface area contributed by atoms with Gasteiger partial charge in [0.2, 0.25) is 11.8 Å². The fourth-order valence-corrected chi connectivity index (χ4v) is 3.28. The number of nitrogens with one attached hydrogen (secondary N) is 1. The van der Waals surface area contributed by atoms with Gasteiger partial charge < -0.3 is 5.32 Å². The number of imide groups is 1. The van der Waals surface area contributed by atoms with Crippen molar-refractivity contribution < 1.29 is 9.59 Å². The average Bonchev–Trinajstić information content (AvgIpc) is 2.61. The molecule has 1 aromatic rings. The first-order valence-corrected chi connectivity index (χ1v) is 6.21. The van der Waals surface area contributed by atoms with E-state index >= 15 is 0 Å². The number of hydrogen-bond donors (Lipinski definition) is 1. The molecule has 0 bridgehead atoms. The Morgan fingerprint density at radius 1 is 1.22 bits per heavy atom. The minimum atomic E-state index is -0.248. The van der Waals surface area contributed by atoms with Crippen molar-refractivity contribution in [1.29, 1.82) is 0 Å². The minimum absolute atomic E-state index is 0.0419. The molecule has 4 nitrogen and oxygen atoms in total. The normalized spacial score (nSPS) is 30.3. The van der Waals surface area contributed by atoms with Crippen molar-refractivity contribution in [2.75, 3.05) is 14.1 Å². The quantitative estimate of drug-likeness (QED) is 0.741. The van der Waals surface area contributed by atoms with Crippen LogP contribution in [0.25, 0.3) is 0 Å². The van der Waals surface area contributed by atoms with Crippen LogP contribution in [-0.4, -0.2) is 30.8 Å². The van der Waals surface area contributed by atoms with Crippen molar-refractivity contribution in [3.8, 4) is 0 Å². The van der Waals surface area contributed by atoms with Gasteiger partial charge in [-0.2, -0.15) is 0 Å². The molecule has 3 atom stereocenters. The van der Waals surface area contributed by atoms with E-state index in [9.17, 15) is 9.59 Å². The van der Waals surface area contributed by atoms with E-state index in [1.165, 1.54) is 10.5 Å². The highest BCUT2D eigenvalue weighted by molar-refractivity contribution is 6.05. The van der Waals surface area contributed by atoms with Crippen molar-refractivity contribution in [3.05, 3.63) is 35.4 Å². The summed E-state index contributed by atoms with van der Waals surface area (Å²) < 4.78 is 0. The molecule has 2 amide bonds. The number of likely N-dealkylation sites (tertiary alicyclic amines) is 1. The number of carbonyl (C=O) groups is 2. The molecule has 94 valence electrons. The Morgan fingerprint density at radius 3 is 2.67 bits per heavy atom. The Bertz CT molecular complexity index is 526. The number of carbonyl (C=O) groups excluding carboxylic acids is 2. The topological polar surface area (TPSA) is 49.4 Å². The van der Waals surface area contributed by atoms with Gasteiger partial charge in [0.1, 0.15) is 0 Å². The molecule has 18 heavy (non-hydrogen) atoms. The standard InChI is InChI=1S/C14H16N2O2/c1-15-12-9-6-4-3-5-8(9)7-10-11(12)14(18)16(2)13(10)17/h3-6,10-12,15H,7H2,1-2H3/t10-,11-,12+/m0/s1. The van der Waals surface area contributed by atoms with Gasteiger partial charge in [0.05, 0.1) is 11.8 Å². The molecule has 0 unspecified atom stereocenters. The first-order valence-electron chi connectivity index (χ1n) is 6.21. The van der Waals surface area contributed by atoms with Gasteiger partial charge in [0.15, 0.2) is 0 Å². The summed E-state index contributed by atoms with van der Waals surface area (Å²) in [5.74, 6) is -0.546. The van der Waals surface area contributed by atoms with E-state index in [0.717, 1.165) is 5.56 Å². The number of benzene rings is 1. The highest BCUT2D eigenvalue weighted by Crippen LogP contribution is 2.43. The highest BCUT2D eigenvalue weighted by atomic mass is 16.2. The largest absolute Gasteiger partial charge is 0.312 e. The molecule has 1 aromatic carbocycles. The lowest BCUT2D eigenvalue weighted by Gasteiger charge is -2.32. The second-order valence-electron chi connectivity index (χ2n) is 5.04. The Morgan fingerprint density at radius 2 is 1.94 bits per heavy atom. The Kier molecular flexibility index (Phi) is 2.48. The molecule has 1 N–H and O–H groups in total. The van der Waals surface area contributed by atoms with Gasteiger partial charge in [-0.25, -0.2) is 0 Å². The molecule has 0 saturated carbocycles. The molecule has 1 aliphatic heterocycles. The van der Waals surface area contributed by atoms with E-state index in [2.05, 4.69) is 5.32 Å². The van der Waals surface area contributed by atoms with Gasteiger partial charge in [-0.3, -0.25) is 14.5 Å². The third kappa shape index (κ3) is 1.35. The molecule has 4 heteroatoms. The monoisotopic (exact) mass is 244 g/mol. The molecule has 3 rings (SSSR count). The molecule has 0 spiro atoms. The number of rotatable bonds is 1. The zero-order valence-electron chi connectivity index (χ0n) is 10.5.